The number of carbonyl (C=O) groups excluding carboxylic acids is 1. The summed E-state index contributed by atoms with van der Waals surface area (Å²) in [7, 11) is 4.31. The molecule has 148 valence electrons. The van der Waals surface area contributed by atoms with E-state index in [0.29, 0.717) is 13.0 Å². The smallest absolute Gasteiger partial charge is 0.310 e. The van der Waals surface area contributed by atoms with Gasteiger partial charge < -0.3 is 14.3 Å². The van der Waals surface area contributed by atoms with E-state index in [4.69, 9.17) is 9.84 Å². The van der Waals surface area contributed by atoms with Crippen molar-refractivity contribution in [3.05, 3.63) is 0 Å². The molecule has 5 nitrogen and oxygen atoms in total. The lowest BCUT2D eigenvalue weighted by molar-refractivity contribution is -0.890. The molecule has 0 amide bonds. The van der Waals surface area contributed by atoms with Crippen LogP contribution in [0.4, 0.5) is 0 Å². The lowest BCUT2D eigenvalue weighted by atomic mass is 9.90. The van der Waals surface area contributed by atoms with Crippen molar-refractivity contribution in [3.8, 4) is 0 Å². The molecule has 0 spiro atoms. The Kier molecular flexibility index (Phi) is 12.6. The van der Waals surface area contributed by atoms with Gasteiger partial charge in [0.25, 0.3) is 0 Å². The van der Waals surface area contributed by atoms with Crippen LogP contribution in [0, 0.1) is 11.8 Å². The predicted molar refractivity (Wildman–Crippen MR) is 101 cm³/mol. The van der Waals surface area contributed by atoms with E-state index >= 15 is 0 Å². The van der Waals surface area contributed by atoms with E-state index in [2.05, 4.69) is 21.0 Å². The van der Waals surface area contributed by atoms with Gasteiger partial charge in [-0.3, -0.25) is 9.59 Å². The second-order valence-corrected chi connectivity index (χ2v) is 7.84. The van der Waals surface area contributed by atoms with Gasteiger partial charge in [0, 0.05) is 0 Å². The molecule has 0 heterocycles. The zero-order valence-corrected chi connectivity index (χ0v) is 17.1. The number of hydrogen-bond donors (Lipinski definition) is 1. The monoisotopic (exact) mass is 358 g/mol. The lowest BCUT2D eigenvalue weighted by Crippen LogP contribution is -2.43. The molecule has 0 aromatic heterocycles. The van der Waals surface area contributed by atoms with Crippen molar-refractivity contribution < 1.29 is 23.9 Å². The number of nitrogens with zero attached hydrogens (tertiary/aromatic N) is 1. The number of unbranched alkanes of at least 4 members (excludes halogenated alkanes) is 5. The number of carboxylic acids is 1. The molecule has 2 unspecified atom stereocenters. The SMILES string of the molecule is CCCCCCCC[N+](C)(C)CCOC(=O)C(CCC)C(C)C(=O)O. The van der Waals surface area contributed by atoms with Crippen LogP contribution < -0.4 is 0 Å². The maximum atomic E-state index is 12.2. The molecule has 0 aliphatic heterocycles. The molecule has 2 atom stereocenters. The Labute approximate surface area is 154 Å². The molecule has 0 aliphatic rings. The first kappa shape index (κ1) is 23.9. The summed E-state index contributed by atoms with van der Waals surface area (Å²) in [4.78, 5) is 23.4. The number of quaternary nitrogens is 1. The van der Waals surface area contributed by atoms with Gasteiger partial charge in [-0.25, -0.2) is 0 Å². The van der Waals surface area contributed by atoms with Crippen molar-refractivity contribution in [2.75, 3.05) is 33.8 Å². The van der Waals surface area contributed by atoms with Gasteiger partial charge in [-0.15, -0.1) is 0 Å². The third kappa shape index (κ3) is 11.2. The Bertz CT molecular complexity index is 382. The molecule has 25 heavy (non-hydrogen) atoms. The number of likely N-dealkylation sites (N-methyl/N-ethyl adjacent to an activating group) is 1. The van der Waals surface area contributed by atoms with Crippen LogP contribution >= 0.6 is 0 Å². The van der Waals surface area contributed by atoms with Gasteiger partial charge in [-0.1, -0.05) is 52.9 Å². The summed E-state index contributed by atoms with van der Waals surface area (Å²) in [5.41, 5.74) is 0. The standard InChI is InChI=1S/C20H39NO4/c1-6-8-9-10-11-12-14-21(4,5)15-16-25-20(24)18(13-7-2)17(3)19(22)23/h17-18H,6-16H2,1-5H3/p+1. The predicted octanol–water partition coefficient (Wildman–Crippen LogP) is 4.10. The fraction of sp³-hybridized carbons (Fsp3) is 0.900. The van der Waals surface area contributed by atoms with E-state index in [1.54, 1.807) is 6.92 Å². The normalized spacial score (nSPS) is 14.1. The van der Waals surface area contributed by atoms with E-state index in [1.807, 2.05) is 6.92 Å². The summed E-state index contributed by atoms with van der Waals surface area (Å²) in [6, 6.07) is 0. The summed E-state index contributed by atoms with van der Waals surface area (Å²) in [6.07, 6.45) is 9.00. The van der Waals surface area contributed by atoms with Crippen LogP contribution in [0.15, 0.2) is 0 Å². The summed E-state index contributed by atoms with van der Waals surface area (Å²) < 4.78 is 6.23. The molecule has 0 rings (SSSR count). The number of esters is 1. The zero-order valence-electron chi connectivity index (χ0n) is 17.1. The molecule has 0 saturated heterocycles. The van der Waals surface area contributed by atoms with Crippen LogP contribution in [0.25, 0.3) is 0 Å². The minimum Gasteiger partial charge on any atom is -0.481 e. The van der Waals surface area contributed by atoms with E-state index in [-0.39, 0.29) is 5.97 Å². The molecule has 0 bridgehead atoms. The van der Waals surface area contributed by atoms with Crippen molar-refractivity contribution in [1.29, 1.82) is 0 Å². The molecule has 0 saturated carbocycles. The number of ether oxygens (including phenoxy) is 1. The van der Waals surface area contributed by atoms with E-state index < -0.39 is 17.8 Å². The molecular formula is C20H40NO4+. The Morgan fingerprint density at radius 1 is 0.960 bits per heavy atom. The highest BCUT2D eigenvalue weighted by atomic mass is 16.5. The average molecular weight is 359 g/mol. The molecule has 1 N–H and O–H groups in total. The molecule has 0 radical (unpaired) electrons. The number of carbonyl (C=O) groups is 2. The van der Waals surface area contributed by atoms with Gasteiger partial charge in [-0.2, -0.15) is 0 Å². The number of aliphatic carboxylic acids is 1. The first-order chi connectivity index (χ1) is 11.7. The molecule has 0 fully saturated rings. The minimum absolute atomic E-state index is 0.355. The van der Waals surface area contributed by atoms with Gasteiger partial charge >= 0.3 is 11.9 Å². The maximum absolute atomic E-state index is 12.2. The van der Waals surface area contributed by atoms with Gasteiger partial charge in [0.2, 0.25) is 0 Å². The van der Waals surface area contributed by atoms with Crippen LogP contribution in [0.5, 0.6) is 0 Å². The second kappa shape index (κ2) is 13.2. The Hall–Kier alpha value is -1.10. The summed E-state index contributed by atoms with van der Waals surface area (Å²) in [5, 5.41) is 9.15. The third-order valence-electron chi connectivity index (χ3n) is 4.95. The first-order valence-electron chi connectivity index (χ1n) is 9.96. The molecule has 5 heteroatoms. The Balaban J connectivity index is 4.15. The lowest BCUT2D eigenvalue weighted by Gasteiger charge is -2.30. The number of rotatable bonds is 15. The fourth-order valence-electron chi connectivity index (χ4n) is 2.99. The van der Waals surface area contributed by atoms with Gasteiger partial charge in [0.1, 0.15) is 13.2 Å². The van der Waals surface area contributed by atoms with Crippen molar-refractivity contribution in [2.45, 2.75) is 72.1 Å². The summed E-state index contributed by atoms with van der Waals surface area (Å²) in [5.74, 6) is -2.54. The molecule has 0 aromatic rings. The van der Waals surface area contributed by atoms with Gasteiger partial charge in [0.15, 0.2) is 0 Å². The van der Waals surface area contributed by atoms with Crippen LogP contribution in [-0.2, 0) is 14.3 Å². The highest BCUT2D eigenvalue weighted by molar-refractivity contribution is 5.80. The number of carboxylic acid groups (broad SMARTS) is 1. The zero-order chi connectivity index (χ0) is 19.3. The quantitative estimate of drug-likeness (QED) is 0.272. The number of hydrogen-bond acceptors (Lipinski definition) is 3. The van der Waals surface area contributed by atoms with Gasteiger partial charge in [-0.05, 0) is 19.3 Å². The van der Waals surface area contributed by atoms with Crippen LogP contribution in [-0.4, -0.2) is 55.3 Å². The fourth-order valence-corrected chi connectivity index (χ4v) is 2.99. The average Bonchev–Trinajstić information content (AvgIpc) is 2.54. The van der Waals surface area contributed by atoms with Crippen LogP contribution in [0.1, 0.15) is 72.1 Å². The van der Waals surface area contributed by atoms with E-state index in [1.165, 1.54) is 38.5 Å². The molecule has 0 aliphatic carbocycles. The molecular weight excluding hydrogens is 318 g/mol. The summed E-state index contributed by atoms with van der Waals surface area (Å²) in [6.45, 7) is 7.96. The van der Waals surface area contributed by atoms with Gasteiger partial charge in [0.05, 0.1) is 32.5 Å². The van der Waals surface area contributed by atoms with Crippen LogP contribution in [0.2, 0.25) is 0 Å². The van der Waals surface area contributed by atoms with E-state index in [9.17, 15) is 9.59 Å². The Morgan fingerprint density at radius 3 is 2.12 bits per heavy atom. The molecule has 0 aromatic carbocycles. The second-order valence-electron chi connectivity index (χ2n) is 7.84. The first-order valence-corrected chi connectivity index (χ1v) is 9.96. The van der Waals surface area contributed by atoms with Crippen molar-refractivity contribution in [1.82, 2.24) is 0 Å². The topological polar surface area (TPSA) is 63.6 Å². The Morgan fingerprint density at radius 2 is 1.56 bits per heavy atom. The third-order valence-corrected chi connectivity index (χ3v) is 4.95. The van der Waals surface area contributed by atoms with Crippen molar-refractivity contribution >= 4 is 11.9 Å². The summed E-state index contributed by atoms with van der Waals surface area (Å²) >= 11 is 0. The van der Waals surface area contributed by atoms with E-state index in [0.717, 1.165) is 24.0 Å². The highest BCUT2D eigenvalue weighted by Gasteiger charge is 2.31. The highest BCUT2D eigenvalue weighted by Crippen LogP contribution is 2.20. The van der Waals surface area contributed by atoms with Crippen molar-refractivity contribution in [2.24, 2.45) is 11.8 Å². The maximum Gasteiger partial charge on any atom is 0.310 e. The minimum atomic E-state index is -0.936. The van der Waals surface area contributed by atoms with Crippen molar-refractivity contribution in [3.63, 3.8) is 0 Å². The largest absolute Gasteiger partial charge is 0.481 e. The van der Waals surface area contributed by atoms with Crippen LogP contribution in [0.3, 0.4) is 0 Å².